The first-order chi connectivity index (χ1) is 26.4. The van der Waals surface area contributed by atoms with Crippen molar-refractivity contribution >= 4 is 39.7 Å². The van der Waals surface area contributed by atoms with Gasteiger partial charge in [-0.3, -0.25) is 34.1 Å². The fraction of sp³-hybridized carbons (Fsp3) is 0.667. The molecular formula is C39H55FN6O9S. The van der Waals surface area contributed by atoms with Crippen LogP contribution in [0.25, 0.3) is 0 Å². The predicted molar refractivity (Wildman–Crippen MR) is 202 cm³/mol. The number of fused-ring (bicyclic) bond motifs is 3. The van der Waals surface area contributed by atoms with E-state index in [1.807, 2.05) is 20.8 Å². The summed E-state index contributed by atoms with van der Waals surface area (Å²) in [4.78, 5) is 73.6. The van der Waals surface area contributed by atoms with Crippen LogP contribution in [0.3, 0.4) is 0 Å². The van der Waals surface area contributed by atoms with E-state index in [0.29, 0.717) is 49.7 Å². The molecule has 3 aliphatic heterocycles. The smallest absolute Gasteiger partial charge is 0.410 e. The highest BCUT2D eigenvalue weighted by molar-refractivity contribution is 7.91. The first kappa shape index (κ1) is 41.5. The second-order valence-corrected chi connectivity index (χ2v) is 18.8. The van der Waals surface area contributed by atoms with Crippen molar-refractivity contribution in [1.29, 1.82) is 0 Å². The maximum atomic E-state index is 14.8. The summed E-state index contributed by atoms with van der Waals surface area (Å²) in [7, 11) is -2.26. The third-order valence-electron chi connectivity index (χ3n) is 11.7. The Kier molecular flexibility index (Phi) is 12.2. The van der Waals surface area contributed by atoms with Gasteiger partial charge in [-0.05, 0) is 82.9 Å². The average molecular weight is 803 g/mol. The van der Waals surface area contributed by atoms with Crippen LogP contribution in [0.5, 0.6) is 0 Å². The largest absolute Gasteiger partial charge is 0.444 e. The van der Waals surface area contributed by atoms with Crippen LogP contribution in [-0.2, 0) is 51.8 Å². The third-order valence-corrected chi connectivity index (χ3v) is 13.5. The zero-order valence-electron chi connectivity index (χ0n) is 32.7. The molecule has 2 aliphatic carbocycles. The van der Waals surface area contributed by atoms with Crippen LogP contribution in [0.4, 0.5) is 9.18 Å². The standard InChI is InChI=1S/C39H55FN6O9S/c1-6-33(47)44(5)26-13-9-7-8-12-25-19-39(25,36(50)43-56(52,53)28-15-16-28)42-34(48)32-18-27(21-46(32)35(49)31(17-26)41-23-54-38(2,3)4)55-37(51)45-20-24-11-10-14-30(40)29(24)22-45/h6,10-11,14,25-28,31-32,41H,1,7-9,12-13,15-23H2,2-5H3,(H,42,48)(H,43,50)/t25?,26?,27-,31+,32?,39-/m1/s1. The summed E-state index contributed by atoms with van der Waals surface area (Å²) in [5.74, 6) is -3.06. The van der Waals surface area contributed by atoms with Crippen LogP contribution in [0.1, 0.15) is 96.1 Å². The van der Waals surface area contributed by atoms with Gasteiger partial charge in [0, 0.05) is 31.6 Å². The molecule has 3 unspecified atom stereocenters. The normalized spacial score (nSPS) is 28.5. The zero-order chi connectivity index (χ0) is 40.6. The molecule has 1 aromatic rings. The molecule has 0 aromatic heterocycles. The lowest BCUT2D eigenvalue weighted by molar-refractivity contribution is -0.142. The number of hydrogen-bond acceptors (Lipinski definition) is 10. The Morgan fingerprint density at radius 3 is 2.50 bits per heavy atom. The molecular weight excluding hydrogens is 748 g/mol. The minimum absolute atomic E-state index is 0.00100. The second kappa shape index (κ2) is 16.4. The van der Waals surface area contributed by atoms with Gasteiger partial charge < -0.3 is 24.6 Å². The molecule has 2 saturated heterocycles. The van der Waals surface area contributed by atoms with Crippen molar-refractivity contribution in [2.75, 3.05) is 20.3 Å². The van der Waals surface area contributed by atoms with Gasteiger partial charge in [0.15, 0.2) is 0 Å². The highest BCUT2D eigenvalue weighted by atomic mass is 32.2. The minimum atomic E-state index is -3.92. The number of rotatable bonds is 9. The van der Waals surface area contributed by atoms with Gasteiger partial charge in [0.25, 0.3) is 5.91 Å². The lowest BCUT2D eigenvalue weighted by Gasteiger charge is -2.34. The maximum absolute atomic E-state index is 14.8. The van der Waals surface area contributed by atoms with E-state index in [1.165, 1.54) is 21.9 Å². The number of amides is 5. The Morgan fingerprint density at radius 2 is 1.82 bits per heavy atom. The number of carbonyl (C=O) groups is 5. The molecule has 5 aliphatic rings. The summed E-state index contributed by atoms with van der Waals surface area (Å²) in [6.45, 7) is 9.18. The van der Waals surface area contributed by atoms with Gasteiger partial charge in [-0.1, -0.05) is 38.0 Å². The first-order valence-electron chi connectivity index (χ1n) is 19.6. The number of benzene rings is 1. The van der Waals surface area contributed by atoms with Crippen molar-refractivity contribution < 1.29 is 46.3 Å². The van der Waals surface area contributed by atoms with Crippen molar-refractivity contribution in [2.24, 2.45) is 5.92 Å². The Morgan fingerprint density at radius 1 is 1.09 bits per heavy atom. The number of hydrogen-bond donors (Lipinski definition) is 3. The van der Waals surface area contributed by atoms with E-state index in [2.05, 4.69) is 21.9 Å². The topological polar surface area (TPSA) is 184 Å². The second-order valence-electron chi connectivity index (χ2n) is 16.9. The number of nitrogens with one attached hydrogen (secondary N) is 3. The number of likely N-dealkylation sites (N-methyl/N-ethyl adjacent to an activating group) is 1. The summed E-state index contributed by atoms with van der Waals surface area (Å²) >= 11 is 0. The molecule has 5 amide bonds. The number of sulfonamides is 1. The van der Waals surface area contributed by atoms with Gasteiger partial charge in [-0.2, -0.15) is 0 Å². The van der Waals surface area contributed by atoms with Crippen LogP contribution >= 0.6 is 0 Å². The summed E-state index contributed by atoms with van der Waals surface area (Å²) in [5, 5.41) is 5.42. The maximum Gasteiger partial charge on any atom is 0.410 e. The van der Waals surface area contributed by atoms with E-state index < -0.39 is 80.3 Å². The van der Waals surface area contributed by atoms with E-state index in [-0.39, 0.29) is 57.5 Å². The number of halogens is 1. The van der Waals surface area contributed by atoms with Crippen LogP contribution in [0.2, 0.25) is 0 Å². The van der Waals surface area contributed by atoms with E-state index in [9.17, 15) is 36.8 Å². The number of nitrogens with zero attached hydrogens (tertiary/aromatic N) is 3. The van der Waals surface area contributed by atoms with Crippen LogP contribution in [-0.4, -0.2) is 114 Å². The van der Waals surface area contributed by atoms with Crippen LogP contribution < -0.4 is 15.4 Å². The van der Waals surface area contributed by atoms with Crippen molar-refractivity contribution in [3.63, 3.8) is 0 Å². The highest BCUT2D eigenvalue weighted by Gasteiger charge is 2.62. The number of carbonyl (C=O) groups excluding carboxylic acids is 5. The minimum Gasteiger partial charge on any atom is -0.444 e. The van der Waals surface area contributed by atoms with E-state index in [4.69, 9.17) is 9.47 Å². The number of ether oxygens (including phenoxy) is 2. The zero-order valence-corrected chi connectivity index (χ0v) is 33.5. The van der Waals surface area contributed by atoms with Gasteiger partial charge in [0.1, 0.15) is 23.5 Å². The molecule has 3 heterocycles. The van der Waals surface area contributed by atoms with E-state index in [1.54, 1.807) is 24.1 Å². The Bertz CT molecular complexity index is 1830. The van der Waals surface area contributed by atoms with Crippen LogP contribution in [0.15, 0.2) is 30.9 Å². The van der Waals surface area contributed by atoms with Crippen molar-refractivity contribution in [1.82, 2.24) is 30.1 Å². The van der Waals surface area contributed by atoms with Gasteiger partial charge >= 0.3 is 6.09 Å². The highest BCUT2D eigenvalue weighted by Crippen LogP contribution is 2.48. The molecule has 6 rings (SSSR count). The SMILES string of the molecule is C=CC(=O)N(C)C1CCCCCC2C[C@@]2(C(=O)NS(=O)(=O)C2CC2)NC(=O)C2C[C@@H](OC(=O)N3Cc4cccc(F)c4C3)CN2C(=O)[C@@H](NCOC(C)(C)C)C1. The Labute approximate surface area is 328 Å². The van der Waals surface area contributed by atoms with Gasteiger partial charge in [-0.15, -0.1) is 0 Å². The summed E-state index contributed by atoms with van der Waals surface area (Å²) in [6.07, 6.45) is 3.96. The van der Waals surface area contributed by atoms with Gasteiger partial charge in [0.2, 0.25) is 27.7 Å². The fourth-order valence-electron chi connectivity index (χ4n) is 8.10. The quantitative estimate of drug-likeness (QED) is 0.248. The monoisotopic (exact) mass is 802 g/mol. The lowest BCUT2D eigenvalue weighted by Crippen LogP contribution is -2.58. The Balaban J connectivity index is 1.29. The van der Waals surface area contributed by atoms with E-state index in [0.717, 1.165) is 6.42 Å². The molecule has 17 heteroatoms. The molecule has 2 saturated carbocycles. The molecule has 15 nitrogen and oxygen atoms in total. The molecule has 1 aromatic carbocycles. The summed E-state index contributed by atoms with van der Waals surface area (Å²) < 4.78 is 54.3. The van der Waals surface area contributed by atoms with Crippen molar-refractivity contribution in [2.45, 2.75) is 139 Å². The molecule has 6 atom stereocenters. The van der Waals surface area contributed by atoms with Crippen molar-refractivity contribution in [3.05, 3.63) is 47.8 Å². The summed E-state index contributed by atoms with van der Waals surface area (Å²) in [5.41, 5.74) is -1.00. The molecule has 0 radical (unpaired) electrons. The Hall–Kier alpha value is -4.09. The molecule has 0 spiro atoms. The molecule has 3 N–H and O–H groups in total. The predicted octanol–water partition coefficient (Wildman–Crippen LogP) is 2.83. The van der Waals surface area contributed by atoms with E-state index >= 15 is 0 Å². The first-order valence-corrected chi connectivity index (χ1v) is 21.1. The molecule has 0 bridgehead atoms. The van der Waals surface area contributed by atoms with Gasteiger partial charge in [0.05, 0.1) is 36.7 Å². The average Bonchev–Trinajstić information content (AvgIpc) is 4.02. The molecule has 56 heavy (non-hydrogen) atoms. The molecule has 4 fully saturated rings. The third kappa shape index (κ3) is 9.37. The summed E-state index contributed by atoms with van der Waals surface area (Å²) in [6, 6.07) is 2.07. The van der Waals surface area contributed by atoms with Gasteiger partial charge in [-0.25, -0.2) is 17.6 Å². The van der Waals surface area contributed by atoms with Crippen molar-refractivity contribution in [3.8, 4) is 0 Å². The van der Waals surface area contributed by atoms with Crippen LogP contribution in [0, 0.1) is 11.7 Å². The molecule has 308 valence electrons. The fourth-order valence-corrected chi connectivity index (χ4v) is 9.46. The lowest BCUT2D eigenvalue weighted by atomic mass is 9.97.